The van der Waals surface area contributed by atoms with E-state index in [0.717, 1.165) is 30.4 Å². The van der Waals surface area contributed by atoms with Gasteiger partial charge in [0, 0.05) is 36.9 Å². The number of benzene rings is 1. The van der Waals surface area contributed by atoms with E-state index in [0.29, 0.717) is 17.8 Å². The molecule has 0 bridgehead atoms. The predicted molar refractivity (Wildman–Crippen MR) is 120 cm³/mol. The van der Waals surface area contributed by atoms with Gasteiger partial charge in [-0.15, -0.1) is 0 Å². The number of carbonyl (C=O) groups is 2. The van der Waals surface area contributed by atoms with Crippen LogP contribution < -0.4 is 10.2 Å². The average molecular weight is 447 g/mol. The quantitative estimate of drug-likeness (QED) is 0.770. The number of rotatable bonds is 4. The summed E-state index contributed by atoms with van der Waals surface area (Å²) in [7, 11) is 0. The number of ether oxygens (including phenoxy) is 1. The summed E-state index contributed by atoms with van der Waals surface area (Å²) >= 11 is 1.95. The second-order valence-electron chi connectivity index (χ2n) is 8.24. The molecule has 1 N–H and O–H groups in total. The van der Waals surface area contributed by atoms with Crippen molar-refractivity contribution < 1.29 is 18.7 Å². The second-order valence-corrected chi connectivity index (χ2v) is 9.47. The van der Waals surface area contributed by atoms with Crippen LogP contribution in [0.3, 0.4) is 0 Å². The lowest BCUT2D eigenvalue weighted by atomic mass is 9.80. The van der Waals surface area contributed by atoms with Crippen molar-refractivity contribution in [1.29, 1.82) is 0 Å². The number of nitrogens with one attached hydrogen (secondary N) is 1. The molecule has 31 heavy (non-hydrogen) atoms. The molecular formula is C22H27FN4O3S. The molecule has 2 unspecified atom stereocenters. The molecule has 0 spiro atoms. The summed E-state index contributed by atoms with van der Waals surface area (Å²) in [5.41, 5.74) is 0.442. The molecule has 0 aromatic heterocycles. The minimum atomic E-state index is -0.546. The standard InChI is InChI=1S/C22H27FN4O3S/c1-15(28)24-12-17-13-27(21(29)30-17)16-3-4-18(19(23)11-16)22(2)6-5-20(25-14-22)26-7-9-31-10-8-26/h3-6,11,17H,7-10,12-14H2,1-2H3,(H,24,28). The first kappa shape index (κ1) is 21.7. The van der Waals surface area contributed by atoms with Gasteiger partial charge in [0.15, 0.2) is 0 Å². The Morgan fingerprint density at radius 3 is 2.81 bits per heavy atom. The molecule has 2 fully saturated rings. The highest BCUT2D eigenvalue weighted by atomic mass is 32.2. The van der Waals surface area contributed by atoms with Gasteiger partial charge in [0.1, 0.15) is 17.8 Å². The lowest BCUT2D eigenvalue weighted by Gasteiger charge is -2.34. The van der Waals surface area contributed by atoms with E-state index in [2.05, 4.69) is 10.2 Å². The maximum absolute atomic E-state index is 15.1. The van der Waals surface area contributed by atoms with Crippen LogP contribution in [-0.2, 0) is 14.9 Å². The predicted octanol–water partition coefficient (Wildman–Crippen LogP) is 2.56. The van der Waals surface area contributed by atoms with Gasteiger partial charge in [0.05, 0.1) is 25.3 Å². The summed E-state index contributed by atoms with van der Waals surface area (Å²) in [4.78, 5) is 31.7. The maximum atomic E-state index is 15.1. The largest absolute Gasteiger partial charge is 0.442 e. The summed E-state index contributed by atoms with van der Waals surface area (Å²) in [5, 5.41) is 2.63. The van der Waals surface area contributed by atoms with Gasteiger partial charge < -0.3 is 15.0 Å². The molecule has 3 heterocycles. The van der Waals surface area contributed by atoms with Crippen molar-refractivity contribution in [2.75, 3.05) is 49.1 Å². The van der Waals surface area contributed by atoms with E-state index < -0.39 is 17.6 Å². The maximum Gasteiger partial charge on any atom is 0.414 e. The van der Waals surface area contributed by atoms with Crippen molar-refractivity contribution >= 4 is 35.3 Å². The SMILES string of the molecule is CC(=O)NCC1CN(c2ccc(C3(C)C=CC(N4CCSCC4)=NC3)c(F)c2)C(=O)O1. The van der Waals surface area contributed by atoms with Crippen molar-refractivity contribution in [3.8, 4) is 0 Å². The highest BCUT2D eigenvalue weighted by Gasteiger charge is 2.34. The molecule has 1 aromatic carbocycles. The van der Waals surface area contributed by atoms with Gasteiger partial charge in [-0.25, -0.2) is 9.18 Å². The van der Waals surface area contributed by atoms with Gasteiger partial charge in [0.2, 0.25) is 5.91 Å². The van der Waals surface area contributed by atoms with E-state index >= 15 is 4.39 Å². The van der Waals surface area contributed by atoms with Crippen LogP contribution in [0.2, 0.25) is 0 Å². The fourth-order valence-electron chi connectivity index (χ4n) is 4.01. The number of cyclic esters (lactones) is 1. The highest BCUT2D eigenvalue weighted by molar-refractivity contribution is 7.99. The third-order valence-corrected chi connectivity index (χ3v) is 6.78. The summed E-state index contributed by atoms with van der Waals surface area (Å²) in [5.74, 6) is 2.61. The van der Waals surface area contributed by atoms with E-state index in [1.165, 1.54) is 17.9 Å². The zero-order chi connectivity index (χ0) is 22.0. The molecule has 1 aromatic rings. The Kier molecular flexibility index (Phi) is 6.22. The number of hydrogen-bond acceptors (Lipinski definition) is 6. The van der Waals surface area contributed by atoms with E-state index in [4.69, 9.17) is 9.73 Å². The van der Waals surface area contributed by atoms with Crippen LogP contribution in [0.15, 0.2) is 35.3 Å². The molecule has 3 aliphatic heterocycles. The Morgan fingerprint density at radius 2 is 2.16 bits per heavy atom. The van der Waals surface area contributed by atoms with Crippen LogP contribution in [0, 0.1) is 5.82 Å². The van der Waals surface area contributed by atoms with Crippen molar-refractivity contribution in [1.82, 2.24) is 10.2 Å². The summed E-state index contributed by atoms with van der Waals surface area (Å²) < 4.78 is 20.4. The van der Waals surface area contributed by atoms with Crippen molar-refractivity contribution in [3.05, 3.63) is 41.7 Å². The van der Waals surface area contributed by atoms with Crippen molar-refractivity contribution in [3.63, 3.8) is 0 Å². The molecule has 2 saturated heterocycles. The van der Waals surface area contributed by atoms with Crippen LogP contribution in [0.4, 0.5) is 14.9 Å². The van der Waals surface area contributed by atoms with Gasteiger partial charge in [-0.2, -0.15) is 11.8 Å². The van der Waals surface area contributed by atoms with Crippen LogP contribution in [-0.4, -0.2) is 73.1 Å². The second kappa shape index (κ2) is 8.90. The molecule has 166 valence electrons. The number of hydrogen-bond donors (Lipinski definition) is 1. The van der Waals surface area contributed by atoms with Crippen molar-refractivity contribution in [2.45, 2.75) is 25.4 Å². The Labute approximate surface area is 185 Å². The first-order chi connectivity index (χ1) is 14.9. The zero-order valence-corrected chi connectivity index (χ0v) is 18.6. The van der Waals surface area contributed by atoms with E-state index in [-0.39, 0.29) is 24.8 Å². The fourth-order valence-corrected chi connectivity index (χ4v) is 4.92. The Morgan fingerprint density at radius 1 is 1.39 bits per heavy atom. The topological polar surface area (TPSA) is 74.2 Å². The molecule has 2 amide bonds. The number of halogens is 1. The van der Waals surface area contributed by atoms with Crippen molar-refractivity contribution in [2.24, 2.45) is 4.99 Å². The number of amidine groups is 1. The smallest absolute Gasteiger partial charge is 0.414 e. The Balaban J connectivity index is 1.45. The third-order valence-electron chi connectivity index (χ3n) is 5.84. The third kappa shape index (κ3) is 4.71. The molecule has 7 nitrogen and oxygen atoms in total. The van der Waals surface area contributed by atoms with E-state index in [9.17, 15) is 9.59 Å². The van der Waals surface area contributed by atoms with Gasteiger partial charge >= 0.3 is 6.09 Å². The number of thioether (sulfide) groups is 1. The molecule has 0 aliphatic carbocycles. The van der Waals surface area contributed by atoms with Gasteiger partial charge in [-0.1, -0.05) is 19.1 Å². The van der Waals surface area contributed by atoms with Gasteiger partial charge in [-0.05, 0) is 23.8 Å². The number of aliphatic imine (C=N–C) groups is 1. The minimum absolute atomic E-state index is 0.191. The highest BCUT2D eigenvalue weighted by Crippen LogP contribution is 2.33. The summed E-state index contributed by atoms with van der Waals surface area (Å²) in [6.45, 7) is 6.32. The minimum Gasteiger partial charge on any atom is -0.442 e. The van der Waals surface area contributed by atoms with Gasteiger partial charge in [0.25, 0.3) is 0 Å². The van der Waals surface area contributed by atoms with E-state index in [1.807, 2.05) is 30.8 Å². The molecule has 9 heteroatoms. The number of nitrogens with zero attached hydrogens (tertiary/aromatic N) is 3. The van der Waals surface area contributed by atoms with Crippen LogP contribution in [0.25, 0.3) is 0 Å². The molecule has 0 saturated carbocycles. The summed E-state index contributed by atoms with van der Waals surface area (Å²) in [6, 6.07) is 4.83. The van der Waals surface area contributed by atoms with Gasteiger partial charge in [-0.3, -0.25) is 14.7 Å². The zero-order valence-electron chi connectivity index (χ0n) is 17.8. The molecular weight excluding hydrogens is 419 g/mol. The van der Waals surface area contributed by atoms with Crippen LogP contribution in [0.5, 0.6) is 0 Å². The first-order valence-corrected chi connectivity index (χ1v) is 11.6. The first-order valence-electron chi connectivity index (χ1n) is 10.4. The number of amides is 2. The number of carbonyl (C=O) groups excluding carboxylic acids is 2. The van der Waals surface area contributed by atoms with Crippen LogP contribution in [0.1, 0.15) is 19.4 Å². The average Bonchev–Trinajstić information content (AvgIpc) is 3.14. The monoisotopic (exact) mass is 446 g/mol. The number of anilines is 1. The lowest BCUT2D eigenvalue weighted by Crippen LogP contribution is -2.40. The lowest BCUT2D eigenvalue weighted by molar-refractivity contribution is -0.119. The number of dihydropyridines is 1. The Bertz CT molecular complexity index is 931. The normalized spacial score (nSPS) is 26.0. The molecule has 0 radical (unpaired) electrons. The molecule has 4 rings (SSSR count). The summed E-state index contributed by atoms with van der Waals surface area (Å²) in [6.07, 6.45) is 3.03. The molecule has 3 aliphatic rings. The molecule has 2 atom stereocenters. The van der Waals surface area contributed by atoms with E-state index in [1.54, 1.807) is 12.1 Å². The van der Waals surface area contributed by atoms with Crippen LogP contribution >= 0.6 is 11.8 Å². The fraction of sp³-hybridized carbons (Fsp3) is 0.500. The Hall–Kier alpha value is -2.55.